The highest BCUT2D eigenvalue weighted by Gasteiger charge is 2.11. The summed E-state index contributed by atoms with van der Waals surface area (Å²) in [4.78, 5) is 16.9. The van der Waals surface area contributed by atoms with E-state index in [2.05, 4.69) is 15.2 Å². The molecule has 1 aliphatic heterocycles. The monoisotopic (exact) mass is 230 g/mol. The normalized spacial score (nSPS) is 17.7. The van der Waals surface area contributed by atoms with Gasteiger partial charge in [-0.3, -0.25) is 9.79 Å². The molecule has 0 spiro atoms. The van der Waals surface area contributed by atoms with Crippen LogP contribution in [0.15, 0.2) is 4.99 Å². The average molecular weight is 230 g/mol. The lowest BCUT2D eigenvalue weighted by molar-refractivity contribution is -0.118. The second-order valence-electron chi connectivity index (χ2n) is 3.32. The number of nitrogens with zero attached hydrogens (tertiary/aromatic N) is 2. The third kappa shape index (κ3) is 4.92. The first kappa shape index (κ1) is 12.2. The fourth-order valence-corrected chi connectivity index (χ4v) is 2.20. The van der Waals surface area contributed by atoms with Crippen LogP contribution in [0.1, 0.15) is 6.92 Å². The van der Waals surface area contributed by atoms with Gasteiger partial charge in [-0.1, -0.05) is 0 Å². The first-order chi connectivity index (χ1) is 7.20. The smallest absolute Gasteiger partial charge is 0.216 e. The highest BCUT2D eigenvalue weighted by molar-refractivity contribution is 7.99. The molecule has 86 valence electrons. The second-order valence-corrected chi connectivity index (χ2v) is 4.55. The van der Waals surface area contributed by atoms with Crippen molar-refractivity contribution in [1.82, 2.24) is 10.2 Å². The summed E-state index contributed by atoms with van der Waals surface area (Å²) in [5.74, 6) is 2.79. The van der Waals surface area contributed by atoms with Crippen molar-refractivity contribution in [1.29, 1.82) is 0 Å². The number of carbonyl (C=O) groups is 1. The standard InChI is InChI=1S/C9H18N4OS/c1-8(14)11-2-3-12-9(10)13-4-6-15-7-5-13/h2-7H2,1H3,(H2,10,12)(H,11,14). The Morgan fingerprint density at radius 1 is 1.53 bits per heavy atom. The Morgan fingerprint density at radius 2 is 2.20 bits per heavy atom. The summed E-state index contributed by atoms with van der Waals surface area (Å²) in [6.45, 7) is 4.54. The van der Waals surface area contributed by atoms with Crippen LogP contribution in [0.2, 0.25) is 0 Å². The van der Waals surface area contributed by atoms with Gasteiger partial charge in [-0.05, 0) is 0 Å². The van der Waals surface area contributed by atoms with E-state index in [1.54, 1.807) is 0 Å². The third-order valence-corrected chi connectivity index (χ3v) is 3.04. The van der Waals surface area contributed by atoms with Gasteiger partial charge in [0.1, 0.15) is 0 Å². The van der Waals surface area contributed by atoms with Gasteiger partial charge in [0.05, 0.1) is 6.54 Å². The maximum atomic E-state index is 10.6. The Hall–Kier alpha value is -0.910. The SMILES string of the molecule is CC(=O)NCCN=C(N)N1CCSCC1. The van der Waals surface area contributed by atoms with Gasteiger partial charge in [0.15, 0.2) is 5.96 Å². The van der Waals surface area contributed by atoms with E-state index < -0.39 is 0 Å². The molecule has 1 rings (SSSR count). The molecule has 15 heavy (non-hydrogen) atoms. The van der Waals surface area contributed by atoms with Crippen molar-refractivity contribution in [2.45, 2.75) is 6.92 Å². The zero-order valence-corrected chi connectivity index (χ0v) is 9.85. The minimum absolute atomic E-state index is 0.0295. The van der Waals surface area contributed by atoms with Crippen LogP contribution in [-0.2, 0) is 4.79 Å². The Labute approximate surface area is 94.5 Å². The molecule has 0 unspecified atom stereocenters. The topological polar surface area (TPSA) is 70.7 Å². The molecule has 1 fully saturated rings. The van der Waals surface area contributed by atoms with Crippen LogP contribution in [0.4, 0.5) is 0 Å². The lowest BCUT2D eigenvalue weighted by Gasteiger charge is -2.27. The van der Waals surface area contributed by atoms with Crippen LogP contribution < -0.4 is 11.1 Å². The van der Waals surface area contributed by atoms with Crippen LogP contribution in [0.5, 0.6) is 0 Å². The van der Waals surface area contributed by atoms with E-state index in [-0.39, 0.29) is 5.91 Å². The van der Waals surface area contributed by atoms with Crippen LogP contribution in [0.25, 0.3) is 0 Å². The molecule has 5 nitrogen and oxygen atoms in total. The molecular weight excluding hydrogens is 212 g/mol. The Balaban J connectivity index is 2.22. The number of aliphatic imine (C=N–C) groups is 1. The molecule has 0 aromatic carbocycles. The third-order valence-electron chi connectivity index (χ3n) is 2.09. The average Bonchev–Trinajstić information content (AvgIpc) is 2.25. The minimum atomic E-state index is -0.0295. The van der Waals surface area contributed by atoms with Crippen molar-refractivity contribution in [3.63, 3.8) is 0 Å². The lowest BCUT2D eigenvalue weighted by Crippen LogP contribution is -2.43. The zero-order valence-electron chi connectivity index (χ0n) is 9.03. The number of carbonyl (C=O) groups excluding carboxylic acids is 1. The summed E-state index contributed by atoms with van der Waals surface area (Å²) in [7, 11) is 0. The quantitative estimate of drug-likeness (QED) is 0.389. The molecular formula is C9H18N4OS. The number of guanidine groups is 1. The van der Waals surface area contributed by atoms with Gasteiger partial charge in [0.2, 0.25) is 5.91 Å². The predicted octanol–water partition coefficient (Wildman–Crippen LogP) is -0.514. The summed E-state index contributed by atoms with van der Waals surface area (Å²) < 4.78 is 0. The van der Waals surface area contributed by atoms with Crippen molar-refractivity contribution in [2.75, 3.05) is 37.7 Å². The fraction of sp³-hybridized carbons (Fsp3) is 0.778. The maximum absolute atomic E-state index is 10.6. The zero-order chi connectivity index (χ0) is 11.1. The molecule has 0 atom stereocenters. The highest BCUT2D eigenvalue weighted by Crippen LogP contribution is 2.08. The largest absolute Gasteiger partial charge is 0.370 e. The molecule has 6 heteroatoms. The van der Waals surface area contributed by atoms with Crippen molar-refractivity contribution >= 4 is 23.6 Å². The van der Waals surface area contributed by atoms with Gasteiger partial charge < -0.3 is 16.0 Å². The number of hydrogen-bond donors (Lipinski definition) is 2. The van der Waals surface area contributed by atoms with E-state index >= 15 is 0 Å². The van der Waals surface area contributed by atoms with Gasteiger partial charge >= 0.3 is 0 Å². The lowest BCUT2D eigenvalue weighted by atomic mass is 10.5. The molecule has 1 aliphatic rings. The number of hydrogen-bond acceptors (Lipinski definition) is 3. The van der Waals surface area contributed by atoms with Crippen molar-refractivity contribution in [2.24, 2.45) is 10.7 Å². The van der Waals surface area contributed by atoms with Crippen molar-refractivity contribution < 1.29 is 4.79 Å². The molecule has 0 aliphatic carbocycles. The summed E-state index contributed by atoms with van der Waals surface area (Å²) in [5.41, 5.74) is 5.82. The Bertz CT molecular complexity index is 238. The first-order valence-corrected chi connectivity index (χ1v) is 6.22. The van der Waals surface area contributed by atoms with Crippen LogP contribution in [0, 0.1) is 0 Å². The minimum Gasteiger partial charge on any atom is -0.370 e. The van der Waals surface area contributed by atoms with Crippen LogP contribution in [-0.4, -0.2) is 54.5 Å². The Kier molecular flexibility index (Phi) is 5.31. The van der Waals surface area contributed by atoms with E-state index in [1.165, 1.54) is 6.92 Å². The number of amides is 1. The summed E-state index contributed by atoms with van der Waals surface area (Å²) in [5, 5.41) is 2.68. The summed E-state index contributed by atoms with van der Waals surface area (Å²) in [6, 6.07) is 0. The molecule has 0 aromatic rings. The van der Waals surface area contributed by atoms with E-state index in [4.69, 9.17) is 5.73 Å². The molecule has 0 saturated carbocycles. The second kappa shape index (κ2) is 6.55. The summed E-state index contributed by atoms with van der Waals surface area (Å²) >= 11 is 1.94. The van der Waals surface area contributed by atoms with Gasteiger partial charge in [-0.2, -0.15) is 11.8 Å². The number of thioether (sulfide) groups is 1. The molecule has 0 aromatic heterocycles. The first-order valence-electron chi connectivity index (χ1n) is 5.07. The van der Waals surface area contributed by atoms with E-state index in [0.717, 1.165) is 24.6 Å². The molecule has 1 amide bonds. The summed E-state index contributed by atoms with van der Waals surface area (Å²) in [6.07, 6.45) is 0. The van der Waals surface area contributed by atoms with E-state index in [0.29, 0.717) is 19.0 Å². The number of nitrogens with one attached hydrogen (secondary N) is 1. The van der Waals surface area contributed by atoms with E-state index in [1.807, 2.05) is 11.8 Å². The number of rotatable bonds is 3. The highest BCUT2D eigenvalue weighted by atomic mass is 32.2. The van der Waals surface area contributed by atoms with Crippen molar-refractivity contribution in [3.05, 3.63) is 0 Å². The maximum Gasteiger partial charge on any atom is 0.216 e. The molecule has 0 radical (unpaired) electrons. The van der Waals surface area contributed by atoms with E-state index in [9.17, 15) is 4.79 Å². The number of nitrogens with two attached hydrogens (primary N) is 1. The Morgan fingerprint density at radius 3 is 2.80 bits per heavy atom. The van der Waals surface area contributed by atoms with Crippen LogP contribution in [0.3, 0.4) is 0 Å². The van der Waals surface area contributed by atoms with Gasteiger partial charge in [0.25, 0.3) is 0 Å². The fourth-order valence-electron chi connectivity index (χ4n) is 1.29. The predicted molar refractivity (Wildman–Crippen MR) is 64.1 cm³/mol. The van der Waals surface area contributed by atoms with Gasteiger partial charge in [0, 0.05) is 38.1 Å². The van der Waals surface area contributed by atoms with Crippen LogP contribution >= 0.6 is 11.8 Å². The molecule has 3 N–H and O–H groups in total. The van der Waals surface area contributed by atoms with Crippen molar-refractivity contribution in [3.8, 4) is 0 Å². The molecule has 0 bridgehead atoms. The molecule has 1 saturated heterocycles. The molecule has 1 heterocycles. The van der Waals surface area contributed by atoms with Gasteiger partial charge in [-0.15, -0.1) is 0 Å². The van der Waals surface area contributed by atoms with Gasteiger partial charge in [-0.25, -0.2) is 0 Å².